The topological polar surface area (TPSA) is 115 Å². The van der Waals surface area contributed by atoms with Gasteiger partial charge in [-0.25, -0.2) is 23.1 Å². The number of anilines is 1. The predicted molar refractivity (Wildman–Crippen MR) is 107 cm³/mol. The lowest BCUT2D eigenvalue weighted by atomic mass is 9.67. The molecule has 9 heteroatoms. The number of hydrogen-bond acceptors (Lipinski definition) is 6. The fourth-order valence-electron chi connectivity index (χ4n) is 4.46. The lowest BCUT2D eigenvalue weighted by Crippen LogP contribution is -2.57. The number of hydrogen-bond donors (Lipinski definition) is 2. The van der Waals surface area contributed by atoms with Crippen LogP contribution in [-0.2, 0) is 10.0 Å². The van der Waals surface area contributed by atoms with E-state index < -0.39 is 10.0 Å². The first-order chi connectivity index (χ1) is 13.3. The SMILES string of the molecule is CN(c1ncnc2[nH]ccc12)C1CC(NS(=O)(=O)C2CC(C)(CCC#N)C2)C1. The molecule has 0 bridgehead atoms. The summed E-state index contributed by atoms with van der Waals surface area (Å²) in [6, 6.07) is 4.34. The Hall–Kier alpha value is -2.18. The molecule has 0 aromatic carbocycles. The van der Waals surface area contributed by atoms with E-state index in [-0.39, 0.29) is 22.7 Å². The van der Waals surface area contributed by atoms with Gasteiger partial charge in [-0.1, -0.05) is 6.92 Å². The van der Waals surface area contributed by atoms with Gasteiger partial charge in [-0.05, 0) is 43.6 Å². The van der Waals surface area contributed by atoms with Crippen LogP contribution in [-0.4, -0.2) is 47.8 Å². The number of aromatic amines is 1. The maximum absolute atomic E-state index is 12.6. The molecule has 150 valence electrons. The number of nitrogens with one attached hydrogen (secondary N) is 2. The molecule has 2 aromatic heterocycles. The highest BCUT2D eigenvalue weighted by Gasteiger charge is 2.48. The van der Waals surface area contributed by atoms with Crippen LogP contribution in [0.25, 0.3) is 11.0 Å². The Balaban J connectivity index is 1.31. The Morgan fingerprint density at radius 1 is 1.39 bits per heavy atom. The molecule has 2 aliphatic rings. The maximum atomic E-state index is 12.6. The van der Waals surface area contributed by atoms with Crippen molar-refractivity contribution in [3.8, 4) is 6.07 Å². The van der Waals surface area contributed by atoms with Gasteiger partial charge in [0.05, 0.1) is 16.7 Å². The molecule has 2 saturated carbocycles. The van der Waals surface area contributed by atoms with E-state index in [2.05, 4.69) is 37.6 Å². The van der Waals surface area contributed by atoms with Gasteiger partial charge in [0.15, 0.2) is 0 Å². The highest BCUT2D eigenvalue weighted by atomic mass is 32.2. The quantitative estimate of drug-likeness (QED) is 0.734. The molecule has 2 heterocycles. The van der Waals surface area contributed by atoms with Crippen molar-refractivity contribution in [2.24, 2.45) is 5.41 Å². The molecule has 2 N–H and O–H groups in total. The van der Waals surface area contributed by atoms with E-state index in [1.165, 1.54) is 0 Å². The zero-order valence-corrected chi connectivity index (χ0v) is 17.0. The Morgan fingerprint density at radius 2 is 2.14 bits per heavy atom. The number of H-pyrrole nitrogens is 1. The van der Waals surface area contributed by atoms with Crippen molar-refractivity contribution in [1.29, 1.82) is 5.26 Å². The largest absolute Gasteiger partial charge is 0.356 e. The summed E-state index contributed by atoms with van der Waals surface area (Å²) in [5.41, 5.74) is 0.796. The molecule has 0 aliphatic heterocycles. The highest BCUT2D eigenvalue weighted by Crippen LogP contribution is 2.47. The molecular formula is C19H26N6O2S. The molecule has 0 saturated heterocycles. The second-order valence-corrected chi connectivity index (χ2v) is 10.5. The average molecular weight is 403 g/mol. The van der Waals surface area contributed by atoms with Gasteiger partial charge in [0.1, 0.15) is 17.8 Å². The molecule has 4 rings (SSSR count). The minimum Gasteiger partial charge on any atom is -0.356 e. The zero-order chi connectivity index (χ0) is 19.9. The molecule has 0 unspecified atom stereocenters. The lowest BCUT2D eigenvalue weighted by molar-refractivity contribution is 0.151. The van der Waals surface area contributed by atoms with Crippen LogP contribution in [0.5, 0.6) is 0 Å². The van der Waals surface area contributed by atoms with E-state index in [0.717, 1.165) is 36.1 Å². The first-order valence-corrected chi connectivity index (χ1v) is 11.2. The van der Waals surface area contributed by atoms with E-state index in [1.807, 2.05) is 19.3 Å². The van der Waals surface area contributed by atoms with Crippen LogP contribution in [0.15, 0.2) is 18.6 Å². The van der Waals surface area contributed by atoms with Gasteiger partial charge in [-0.15, -0.1) is 0 Å². The molecule has 2 fully saturated rings. The van der Waals surface area contributed by atoms with Gasteiger partial charge in [0.2, 0.25) is 10.0 Å². The number of nitriles is 1. The van der Waals surface area contributed by atoms with Gasteiger partial charge in [-0.2, -0.15) is 5.26 Å². The normalized spacial score (nSPS) is 29.7. The van der Waals surface area contributed by atoms with Crippen LogP contribution in [0.3, 0.4) is 0 Å². The number of fused-ring (bicyclic) bond motifs is 1. The summed E-state index contributed by atoms with van der Waals surface area (Å²) in [7, 11) is -1.30. The summed E-state index contributed by atoms with van der Waals surface area (Å²) in [6.45, 7) is 2.08. The van der Waals surface area contributed by atoms with E-state index in [4.69, 9.17) is 5.26 Å². The summed E-state index contributed by atoms with van der Waals surface area (Å²) in [5, 5.41) is 9.38. The third-order valence-electron chi connectivity index (χ3n) is 6.38. The number of nitrogens with zero attached hydrogens (tertiary/aromatic N) is 4. The summed E-state index contributed by atoms with van der Waals surface area (Å²) < 4.78 is 28.2. The average Bonchev–Trinajstić information content (AvgIpc) is 3.08. The third-order valence-corrected chi connectivity index (χ3v) is 8.25. The maximum Gasteiger partial charge on any atom is 0.214 e. The van der Waals surface area contributed by atoms with Crippen LogP contribution >= 0.6 is 0 Å². The van der Waals surface area contributed by atoms with Gasteiger partial charge in [0.25, 0.3) is 0 Å². The van der Waals surface area contributed by atoms with Crippen LogP contribution in [0.4, 0.5) is 5.82 Å². The highest BCUT2D eigenvalue weighted by molar-refractivity contribution is 7.90. The minimum atomic E-state index is -3.30. The first kappa shape index (κ1) is 19.2. The zero-order valence-electron chi connectivity index (χ0n) is 16.2. The predicted octanol–water partition coefficient (Wildman–Crippen LogP) is 2.32. The molecule has 0 spiro atoms. The fraction of sp³-hybridized carbons (Fsp3) is 0.632. The summed E-state index contributed by atoms with van der Waals surface area (Å²) in [4.78, 5) is 13.8. The molecule has 8 nitrogen and oxygen atoms in total. The van der Waals surface area contributed by atoms with Crippen molar-refractivity contribution in [3.63, 3.8) is 0 Å². The number of rotatable bonds is 7. The molecule has 28 heavy (non-hydrogen) atoms. The van der Waals surface area contributed by atoms with Crippen LogP contribution < -0.4 is 9.62 Å². The van der Waals surface area contributed by atoms with Crippen LogP contribution in [0.2, 0.25) is 0 Å². The van der Waals surface area contributed by atoms with Gasteiger partial charge in [-0.3, -0.25) is 0 Å². The Morgan fingerprint density at radius 3 is 2.86 bits per heavy atom. The van der Waals surface area contributed by atoms with Crippen molar-refractivity contribution in [3.05, 3.63) is 18.6 Å². The van der Waals surface area contributed by atoms with Gasteiger partial charge >= 0.3 is 0 Å². The van der Waals surface area contributed by atoms with E-state index in [1.54, 1.807) is 6.33 Å². The van der Waals surface area contributed by atoms with Crippen molar-refractivity contribution >= 4 is 26.9 Å². The summed E-state index contributed by atoms with van der Waals surface area (Å²) >= 11 is 0. The van der Waals surface area contributed by atoms with E-state index >= 15 is 0 Å². The van der Waals surface area contributed by atoms with Crippen molar-refractivity contribution < 1.29 is 8.42 Å². The molecular weight excluding hydrogens is 376 g/mol. The summed E-state index contributed by atoms with van der Waals surface area (Å²) in [6.07, 6.45) is 7.48. The summed E-state index contributed by atoms with van der Waals surface area (Å²) in [5.74, 6) is 0.866. The molecule has 0 radical (unpaired) electrons. The van der Waals surface area contributed by atoms with E-state index in [0.29, 0.717) is 19.3 Å². The molecule has 2 aromatic rings. The number of sulfonamides is 1. The van der Waals surface area contributed by atoms with Crippen molar-refractivity contribution in [1.82, 2.24) is 19.7 Å². The second-order valence-electron chi connectivity index (χ2n) is 8.53. The smallest absolute Gasteiger partial charge is 0.214 e. The van der Waals surface area contributed by atoms with Crippen LogP contribution in [0, 0.1) is 16.7 Å². The standard InChI is InChI=1S/C19H26N6O2S/c1-19(5-3-6-20)10-15(11-19)28(26,27)24-13-8-14(9-13)25(2)18-16-4-7-21-17(16)22-12-23-18/h4,7,12-15,24H,3,5,8-11H2,1-2H3,(H,21,22,23). The van der Waals surface area contributed by atoms with Crippen LogP contribution in [0.1, 0.15) is 45.4 Å². The lowest BCUT2D eigenvalue weighted by Gasteiger charge is -2.47. The van der Waals surface area contributed by atoms with E-state index in [9.17, 15) is 8.42 Å². The third kappa shape index (κ3) is 3.47. The van der Waals surface area contributed by atoms with Gasteiger partial charge in [0, 0.05) is 31.7 Å². The molecule has 2 aliphatic carbocycles. The first-order valence-electron chi connectivity index (χ1n) is 9.70. The van der Waals surface area contributed by atoms with Gasteiger partial charge < -0.3 is 9.88 Å². The molecule has 0 amide bonds. The second kappa shape index (κ2) is 7.01. The number of aromatic nitrogens is 3. The monoisotopic (exact) mass is 402 g/mol. The Labute approximate surface area is 165 Å². The molecule has 0 atom stereocenters. The minimum absolute atomic E-state index is 0.00748. The van der Waals surface area contributed by atoms with Crippen molar-refractivity contribution in [2.45, 2.75) is 62.8 Å². The fourth-order valence-corrected chi connectivity index (χ4v) is 6.56. The van der Waals surface area contributed by atoms with Crippen molar-refractivity contribution in [2.75, 3.05) is 11.9 Å². The Kier molecular flexibility index (Phi) is 4.79. The Bertz CT molecular complexity index is 999.